The molecule has 116 valence electrons. The monoisotopic (exact) mass is 362 g/mol. The molecule has 0 aromatic carbocycles. The Morgan fingerprint density at radius 2 is 1.09 bits per heavy atom. The van der Waals surface area contributed by atoms with E-state index in [1.165, 1.54) is 44.9 Å². The third-order valence-electron chi connectivity index (χ3n) is 2.73. The maximum Gasteiger partial charge on any atom is 1.00 e. The topological polar surface area (TPSA) is 96.4 Å². The molecular weight excluding hydrogens is 336 g/mol. The van der Waals surface area contributed by atoms with Crippen molar-refractivity contribution in [1.29, 1.82) is 0 Å². The maximum absolute atomic E-state index is 10.1. The van der Waals surface area contributed by atoms with Crippen molar-refractivity contribution in [2.75, 3.05) is 6.61 Å². The van der Waals surface area contributed by atoms with Crippen molar-refractivity contribution in [3.63, 3.8) is 0 Å². The zero-order valence-electron chi connectivity index (χ0n) is 14.8. The molecule has 1 N–H and O–H groups in total. The van der Waals surface area contributed by atoms with E-state index >= 15 is 0 Å². The van der Waals surface area contributed by atoms with Gasteiger partial charge in [0.25, 0.3) is 0 Å². The summed E-state index contributed by atoms with van der Waals surface area (Å²) in [6.07, 6.45) is 11.7. The van der Waals surface area contributed by atoms with Crippen molar-refractivity contribution in [1.82, 2.24) is 0 Å². The molecule has 0 fully saturated rings. The van der Waals surface area contributed by atoms with Crippen molar-refractivity contribution in [2.24, 2.45) is 0 Å². The van der Waals surface area contributed by atoms with E-state index in [9.17, 15) is 13.0 Å². The predicted molar refractivity (Wildman–Crippen MR) is 75.2 cm³/mol. The quantitative estimate of drug-likeness (QED) is 0.149. The molecule has 0 unspecified atom stereocenters. The molecule has 0 aliphatic rings. The summed E-state index contributed by atoms with van der Waals surface area (Å²) in [5, 5.41) is 0. The van der Waals surface area contributed by atoms with Crippen molar-refractivity contribution in [3.05, 3.63) is 0 Å². The number of unbranched alkanes of at least 4 members (excludes halogenated alkanes) is 9. The fourth-order valence-electron chi connectivity index (χ4n) is 1.75. The second-order valence-corrected chi connectivity index (χ2v) is 5.46. The largest absolute Gasteiger partial charge is 1.00 e. The average molecular weight is 362 g/mol. The second-order valence-electron chi connectivity index (χ2n) is 4.41. The van der Waals surface area contributed by atoms with Gasteiger partial charge in [-0.3, -0.25) is 4.18 Å². The van der Waals surface area contributed by atoms with E-state index in [-0.39, 0.29) is 109 Å². The molecule has 0 amide bonds. The number of hydrogen-bond donors (Lipinski definition) is 0. The standard InChI is InChI=1S/C12H26O4S.B.3Na.H2O/c1-2-3-4-5-6-7-8-9-10-11-12-16-17(13,14)15;;;;;/h2-12H2,1H3,(H,13,14,15);;;;;1H2/q;-1;3*+1;/p-2. The Labute approximate surface area is 205 Å². The first-order valence-corrected chi connectivity index (χ1v) is 8.00. The van der Waals surface area contributed by atoms with Crippen LogP contribution in [0.25, 0.3) is 0 Å². The third-order valence-corrected chi connectivity index (χ3v) is 3.18. The summed E-state index contributed by atoms with van der Waals surface area (Å²) in [7, 11) is -4.48. The molecule has 0 aliphatic heterocycles. The molecule has 0 spiro atoms. The summed E-state index contributed by atoms with van der Waals surface area (Å²) < 4.78 is 34.5. The van der Waals surface area contributed by atoms with Gasteiger partial charge in [-0.2, -0.15) is 0 Å². The van der Waals surface area contributed by atoms with E-state index < -0.39 is 10.4 Å². The SMILES string of the molecule is CCCCCCCCCCCCOS(=O)(=O)[O-].[B-].[Na+].[Na+].[Na+].[OH-]. The molecule has 4 radical (unpaired) electrons. The molecule has 5 nitrogen and oxygen atoms in total. The number of rotatable bonds is 12. The Balaban J connectivity index is -0.000000128. The Kier molecular flexibility index (Phi) is 51.9. The van der Waals surface area contributed by atoms with Crippen molar-refractivity contribution in [3.8, 4) is 0 Å². The van der Waals surface area contributed by atoms with Gasteiger partial charge in [0.15, 0.2) is 0 Å². The molecule has 0 bridgehead atoms. The Bertz CT molecular complexity index is 269. The van der Waals surface area contributed by atoms with Gasteiger partial charge in [0.2, 0.25) is 10.4 Å². The molecule has 0 saturated carbocycles. The molecule has 0 rings (SSSR count). The van der Waals surface area contributed by atoms with Gasteiger partial charge >= 0.3 is 88.7 Å². The first-order chi connectivity index (χ1) is 8.06. The van der Waals surface area contributed by atoms with Crippen molar-refractivity contribution in [2.45, 2.75) is 71.1 Å². The molecule has 0 aliphatic carbocycles. The predicted octanol–water partition coefficient (Wildman–Crippen LogP) is -6.16. The van der Waals surface area contributed by atoms with Gasteiger partial charge in [-0.15, -0.1) is 0 Å². The van der Waals surface area contributed by atoms with Gasteiger partial charge in [0, 0.05) is 0 Å². The van der Waals surface area contributed by atoms with Crippen LogP contribution in [0.1, 0.15) is 71.1 Å². The summed E-state index contributed by atoms with van der Waals surface area (Å²) in [4.78, 5) is 0. The van der Waals surface area contributed by atoms with Crippen LogP contribution in [0.15, 0.2) is 0 Å². The van der Waals surface area contributed by atoms with Gasteiger partial charge in [0.1, 0.15) is 0 Å². The maximum atomic E-state index is 10.1. The molecule has 22 heavy (non-hydrogen) atoms. The number of hydrogen-bond acceptors (Lipinski definition) is 5. The zero-order chi connectivity index (χ0) is 13.0. The van der Waals surface area contributed by atoms with Crippen molar-refractivity contribution < 1.29 is 111 Å². The van der Waals surface area contributed by atoms with Crippen LogP contribution in [0.2, 0.25) is 0 Å². The average Bonchev–Trinajstić information content (AvgIpc) is 2.24. The fraction of sp³-hybridized carbons (Fsp3) is 1.00. The zero-order valence-corrected chi connectivity index (χ0v) is 21.7. The van der Waals surface area contributed by atoms with Crippen LogP contribution in [-0.4, -0.2) is 33.5 Å². The van der Waals surface area contributed by atoms with Crippen molar-refractivity contribution >= 4 is 18.8 Å². The van der Waals surface area contributed by atoms with E-state index in [2.05, 4.69) is 11.1 Å². The van der Waals surface area contributed by atoms with Gasteiger partial charge < -0.3 is 18.4 Å². The normalized spacial score (nSPS) is 9.18. The van der Waals surface area contributed by atoms with Crippen LogP contribution < -0.4 is 88.7 Å². The fourth-order valence-corrected chi connectivity index (χ4v) is 2.07. The Morgan fingerprint density at radius 1 is 0.773 bits per heavy atom. The smallest absolute Gasteiger partial charge is 1.00 e. The minimum atomic E-state index is -4.48. The minimum absolute atomic E-state index is 0. The summed E-state index contributed by atoms with van der Waals surface area (Å²) >= 11 is 0. The Hall–Kier alpha value is 2.89. The first kappa shape index (κ1) is 39.8. The molecule has 0 aromatic heterocycles. The van der Waals surface area contributed by atoms with Crippen LogP contribution in [0.4, 0.5) is 0 Å². The van der Waals surface area contributed by atoms with Crippen LogP contribution in [0, 0.1) is 0 Å². The molecular formula is C12H26BNa3O5S. The molecule has 10 heteroatoms. The van der Waals surface area contributed by atoms with Crippen LogP contribution >= 0.6 is 0 Å². The summed E-state index contributed by atoms with van der Waals surface area (Å²) in [5.41, 5.74) is 0. The summed E-state index contributed by atoms with van der Waals surface area (Å²) in [6, 6.07) is 0. The summed E-state index contributed by atoms with van der Waals surface area (Å²) in [6.45, 7) is 2.24. The van der Waals surface area contributed by atoms with E-state index in [1.807, 2.05) is 0 Å². The third kappa shape index (κ3) is 38.5. The molecule has 0 atom stereocenters. The van der Waals surface area contributed by atoms with Crippen LogP contribution in [0.3, 0.4) is 0 Å². The van der Waals surface area contributed by atoms with Crippen LogP contribution in [-0.2, 0) is 14.6 Å². The van der Waals surface area contributed by atoms with E-state index in [0.717, 1.165) is 12.8 Å². The molecule has 0 heterocycles. The second kappa shape index (κ2) is 28.7. The van der Waals surface area contributed by atoms with Gasteiger partial charge in [0.05, 0.1) is 6.61 Å². The minimum Gasteiger partial charge on any atom is -1.00 e. The van der Waals surface area contributed by atoms with E-state index in [4.69, 9.17) is 0 Å². The first-order valence-electron chi connectivity index (χ1n) is 6.66. The van der Waals surface area contributed by atoms with E-state index in [1.54, 1.807) is 0 Å². The van der Waals surface area contributed by atoms with E-state index in [0.29, 0.717) is 6.42 Å². The Morgan fingerprint density at radius 3 is 1.41 bits per heavy atom. The van der Waals surface area contributed by atoms with Crippen LogP contribution in [0.5, 0.6) is 0 Å². The van der Waals surface area contributed by atoms with Gasteiger partial charge in [-0.05, 0) is 6.42 Å². The summed E-state index contributed by atoms with van der Waals surface area (Å²) in [5.74, 6) is 0. The van der Waals surface area contributed by atoms with Gasteiger partial charge in [-0.25, -0.2) is 8.42 Å². The molecule has 0 saturated heterocycles. The van der Waals surface area contributed by atoms with Gasteiger partial charge in [-0.1, -0.05) is 64.7 Å². The molecule has 0 aromatic rings.